The largest absolute Gasteiger partial charge is 0.378 e. The first kappa shape index (κ1) is 19.8. The van der Waals surface area contributed by atoms with Crippen molar-refractivity contribution in [2.45, 2.75) is 44.1 Å². The SMILES string of the molecule is O=C(c1ccc2c(c1)C1C=CCC1C(c1cccc([N+](=O)[O-])c1)N2)N1CCCCCC1. The Hall–Kier alpha value is -3.15. The summed E-state index contributed by atoms with van der Waals surface area (Å²) >= 11 is 0. The van der Waals surface area contributed by atoms with E-state index in [0.717, 1.165) is 54.7 Å². The molecule has 6 heteroatoms. The lowest BCUT2D eigenvalue weighted by Crippen LogP contribution is -2.33. The van der Waals surface area contributed by atoms with E-state index in [-0.39, 0.29) is 34.4 Å². The summed E-state index contributed by atoms with van der Waals surface area (Å²) in [6.45, 7) is 1.68. The summed E-state index contributed by atoms with van der Waals surface area (Å²) in [5.74, 6) is 0.611. The molecule has 31 heavy (non-hydrogen) atoms. The van der Waals surface area contributed by atoms with Gasteiger partial charge in [-0.05, 0) is 54.5 Å². The van der Waals surface area contributed by atoms with Crippen LogP contribution in [0.15, 0.2) is 54.6 Å². The summed E-state index contributed by atoms with van der Waals surface area (Å²) in [5.41, 5.74) is 3.97. The normalized spacial score (nSPS) is 24.6. The minimum absolute atomic E-state index is 0.000409. The molecule has 2 aromatic carbocycles. The lowest BCUT2D eigenvalue weighted by molar-refractivity contribution is -0.384. The lowest BCUT2D eigenvalue weighted by Gasteiger charge is -2.37. The van der Waals surface area contributed by atoms with Crippen molar-refractivity contribution in [1.82, 2.24) is 4.90 Å². The highest BCUT2D eigenvalue weighted by molar-refractivity contribution is 5.95. The molecule has 6 nitrogen and oxygen atoms in total. The zero-order chi connectivity index (χ0) is 21.4. The number of non-ortho nitro benzene ring substituents is 1. The molecule has 2 aromatic rings. The number of fused-ring (bicyclic) bond motifs is 3. The maximum Gasteiger partial charge on any atom is 0.269 e. The molecule has 3 aliphatic rings. The Labute approximate surface area is 182 Å². The van der Waals surface area contributed by atoms with Gasteiger partial charge in [-0.25, -0.2) is 0 Å². The predicted octanol–water partition coefficient (Wildman–Crippen LogP) is 5.44. The number of hydrogen-bond acceptors (Lipinski definition) is 4. The number of nitrogens with one attached hydrogen (secondary N) is 1. The lowest BCUT2D eigenvalue weighted by atomic mass is 9.76. The molecular weight excluding hydrogens is 390 g/mol. The van der Waals surface area contributed by atoms with Crippen molar-refractivity contribution in [3.63, 3.8) is 0 Å². The third-order valence-corrected chi connectivity index (χ3v) is 6.94. The minimum Gasteiger partial charge on any atom is -0.378 e. The number of likely N-dealkylation sites (tertiary alicyclic amines) is 1. The molecule has 0 saturated carbocycles. The van der Waals surface area contributed by atoms with Crippen LogP contribution in [0.5, 0.6) is 0 Å². The first-order chi connectivity index (χ1) is 15.1. The molecule has 1 N–H and O–H groups in total. The van der Waals surface area contributed by atoms with Crippen LogP contribution in [0.2, 0.25) is 0 Å². The average Bonchev–Trinajstić information content (AvgIpc) is 3.13. The molecule has 0 spiro atoms. The van der Waals surface area contributed by atoms with Crippen LogP contribution >= 0.6 is 0 Å². The monoisotopic (exact) mass is 417 g/mol. The van der Waals surface area contributed by atoms with Crippen molar-refractivity contribution in [1.29, 1.82) is 0 Å². The third kappa shape index (κ3) is 3.71. The molecule has 5 rings (SSSR count). The van der Waals surface area contributed by atoms with Gasteiger partial charge in [-0.3, -0.25) is 14.9 Å². The van der Waals surface area contributed by atoms with Gasteiger partial charge in [0.05, 0.1) is 11.0 Å². The molecule has 1 aliphatic carbocycles. The summed E-state index contributed by atoms with van der Waals surface area (Å²) in [6.07, 6.45) is 9.90. The van der Waals surface area contributed by atoms with Crippen LogP contribution in [0.3, 0.4) is 0 Å². The van der Waals surface area contributed by atoms with Crippen LogP contribution in [0.4, 0.5) is 11.4 Å². The number of allylic oxidation sites excluding steroid dienone is 2. The van der Waals surface area contributed by atoms with Gasteiger partial charge in [0, 0.05) is 42.4 Å². The van der Waals surface area contributed by atoms with Crippen molar-refractivity contribution in [3.05, 3.63) is 81.4 Å². The highest BCUT2D eigenvalue weighted by atomic mass is 16.6. The van der Waals surface area contributed by atoms with Crippen molar-refractivity contribution < 1.29 is 9.72 Å². The molecule has 0 radical (unpaired) electrons. The van der Waals surface area contributed by atoms with E-state index in [4.69, 9.17) is 0 Å². The maximum absolute atomic E-state index is 13.1. The summed E-state index contributed by atoms with van der Waals surface area (Å²) in [5, 5.41) is 14.9. The second-order valence-corrected chi connectivity index (χ2v) is 8.84. The Kier molecular flexibility index (Phi) is 5.22. The molecule has 2 heterocycles. The van der Waals surface area contributed by atoms with E-state index in [1.54, 1.807) is 12.1 Å². The van der Waals surface area contributed by atoms with Gasteiger partial charge in [-0.15, -0.1) is 0 Å². The van der Waals surface area contributed by atoms with Crippen LogP contribution in [0.25, 0.3) is 0 Å². The summed E-state index contributed by atoms with van der Waals surface area (Å²) < 4.78 is 0. The number of carbonyl (C=O) groups excluding carboxylic acids is 1. The van der Waals surface area contributed by atoms with Crippen molar-refractivity contribution in [3.8, 4) is 0 Å². The van der Waals surface area contributed by atoms with Gasteiger partial charge in [-0.1, -0.05) is 37.1 Å². The Morgan fingerprint density at radius 2 is 1.87 bits per heavy atom. The molecule has 0 aromatic heterocycles. The van der Waals surface area contributed by atoms with Crippen molar-refractivity contribution in [2.24, 2.45) is 5.92 Å². The minimum atomic E-state index is -0.342. The van der Waals surface area contributed by atoms with Gasteiger partial charge in [0.1, 0.15) is 0 Å². The Morgan fingerprint density at radius 3 is 2.65 bits per heavy atom. The highest BCUT2D eigenvalue weighted by Gasteiger charge is 2.38. The Balaban J connectivity index is 1.46. The molecule has 3 unspecified atom stereocenters. The smallest absolute Gasteiger partial charge is 0.269 e. The molecule has 0 bridgehead atoms. The molecular formula is C25H27N3O3. The van der Waals surface area contributed by atoms with Crippen LogP contribution in [-0.2, 0) is 0 Å². The number of anilines is 1. The quantitative estimate of drug-likeness (QED) is 0.410. The first-order valence-electron chi connectivity index (χ1n) is 11.2. The number of hydrogen-bond donors (Lipinski definition) is 1. The number of amides is 1. The fraction of sp³-hybridized carbons (Fsp3) is 0.400. The van der Waals surface area contributed by atoms with Gasteiger partial charge in [0.25, 0.3) is 11.6 Å². The highest BCUT2D eigenvalue weighted by Crippen LogP contribution is 2.50. The van der Waals surface area contributed by atoms with E-state index in [9.17, 15) is 14.9 Å². The van der Waals surface area contributed by atoms with E-state index in [2.05, 4.69) is 23.5 Å². The second kappa shape index (κ2) is 8.17. The van der Waals surface area contributed by atoms with Crippen LogP contribution in [0, 0.1) is 16.0 Å². The van der Waals surface area contributed by atoms with Crippen molar-refractivity contribution >= 4 is 17.3 Å². The molecule has 1 fully saturated rings. The Bertz CT molecular complexity index is 1040. The number of benzene rings is 2. The van der Waals surface area contributed by atoms with Crippen molar-refractivity contribution in [2.75, 3.05) is 18.4 Å². The molecule has 3 atom stereocenters. The zero-order valence-corrected chi connectivity index (χ0v) is 17.5. The maximum atomic E-state index is 13.1. The van der Waals surface area contributed by atoms with E-state index >= 15 is 0 Å². The van der Waals surface area contributed by atoms with E-state index < -0.39 is 0 Å². The number of nitro benzene ring substituents is 1. The number of rotatable bonds is 3. The van der Waals surface area contributed by atoms with E-state index in [1.165, 1.54) is 18.9 Å². The fourth-order valence-electron chi connectivity index (χ4n) is 5.35. The number of carbonyl (C=O) groups is 1. The summed E-state index contributed by atoms with van der Waals surface area (Å²) in [6, 6.07) is 12.9. The predicted molar refractivity (Wildman–Crippen MR) is 120 cm³/mol. The van der Waals surface area contributed by atoms with Gasteiger partial charge >= 0.3 is 0 Å². The number of nitro groups is 1. The van der Waals surface area contributed by atoms with Crippen LogP contribution in [0.1, 0.15) is 65.5 Å². The average molecular weight is 418 g/mol. The van der Waals surface area contributed by atoms with Gasteiger partial charge in [0.2, 0.25) is 0 Å². The Morgan fingerprint density at radius 1 is 1.06 bits per heavy atom. The van der Waals surface area contributed by atoms with Gasteiger partial charge in [0.15, 0.2) is 0 Å². The topological polar surface area (TPSA) is 75.5 Å². The third-order valence-electron chi connectivity index (χ3n) is 6.94. The molecule has 2 aliphatic heterocycles. The standard InChI is InChI=1S/C25H27N3O3/c29-25(27-13-3-1-2-4-14-27)18-11-12-23-22(16-18)20-9-6-10-21(20)24(26-23)17-7-5-8-19(15-17)28(30)31/h5-9,11-12,15-16,20-21,24,26H,1-4,10,13-14H2. The van der Waals surface area contributed by atoms with Gasteiger partial charge in [-0.2, -0.15) is 0 Å². The number of nitrogens with zero attached hydrogens (tertiary/aromatic N) is 2. The first-order valence-corrected chi connectivity index (χ1v) is 11.2. The van der Waals surface area contributed by atoms with Gasteiger partial charge < -0.3 is 10.2 Å². The second-order valence-electron chi connectivity index (χ2n) is 8.84. The molecule has 1 amide bonds. The summed E-state index contributed by atoms with van der Waals surface area (Å²) in [7, 11) is 0. The summed E-state index contributed by atoms with van der Waals surface area (Å²) in [4.78, 5) is 26.1. The van der Waals surface area contributed by atoms with E-state index in [0.29, 0.717) is 0 Å². The van der Waals surface area contributed by atoms with E-state index in [1.807, 2.05) is 23.1 Å². The zero-order valence-electron chi connectivity index (χ0n) is 17.5. The molecule has 160 valence electrons. The van der Waals surface area contributed by atoms with Crippen LogP contribution in [-0.4, -0.2) is 28.8 Å². The fourth-order valence-corrected chi connectivity index (χ4v) is 5.35. The van der Waals surface area contributed by atoms with Crippen LogP contribution < -0.4 is 5.32 Å². The molecule has 1 saturated heterocycles.